The molecule has 3 nitrogen and oxygen atoms in total. The van der Waals surface area contributed by atoms with E-state index in [0.717, 1.165) is 22.4 Å². The Hall–Kier alpha value is -2.20. The van der Waals surface area contributed by atoms with Gasteiger partial charge < -0.3 is 9.88 Å². The van der Waals surface area contributed by atoms with Crippen LogP contribution >= 0.6 is 0 Å². The van der Waals surface area contributed by atoms with Gasteiger partial charge in [0.25, 0.3) is 0 Å². The fourth-order valence-corrected chi connectivity index (χ4v) is 2.47. The van der Waals surface area contributed by atoms with Crippen molar-refractivity contribution in [2.24, 2.45) is 7.05 Å². The average molecular weight is 283 g/mol. The van der Waals surface area contributed by atoms with Gasteiger partial charge in [-0.25, -0.2) is 9.37 Å². The number of para-hydroxylation sites is 2. The van der Waals surface area contributed by atoms with Crippen LogP contribution in [0.15, 0.2) is 48.5 Å². The van der Waals surface area contributed by atoms with Gasteiger partial charge >= 0.3 is 0 Å². The second kappa shape index (κ2) is 5.66. The molecule has 3 rings (SSSR count). The molecular weight excluding hydrogens is 265 g/mol. The van der Waals surface area contributed by atoms with Crippen molar-refractivity contribution in [3.63, 3.8) is 0 Å². The van der Waals surface area contributed by atoms with E-state index in [2.05, 4.69) is 27.9 Å². The van der Waals surface area contributed by atoms with Gasteiger partial charge in [0.05, 0.1) is 17.6 Å². The number of aromatic nitrogens is 2. The first-order chi connectivity index (χ1) is 10.1. The minimum absolute atomic E-state index is 0.144. The molecule has 0 aliphatic carbocycles. The summed E-state index contributed by atoms with van der Waals surface area (Å²) in [5.41, 5.74) is 3.20. The maximum Gasteiger partial charge on any atom is 0.123 e. The molecule has 1 aromatic heterocycles. The fourth-order valence-electron chi connectivity index (χ4n) is 2.47. The molecule has 0 radical (unpaired) electrons. The van der Waals surface area contributed by atoms with Crippen LogP contribution in [0.5, 0.6) is 0 Å². The maximum absolute atomic E-state index is 12.9. The highest BCUT2D eigenvalue weighted by Crippen LogP contribution is 2.16. The minimum atomic E-state index is -0.207. The van der Waals surface area contributed by atoms with E-state index in [4.69, 9.17) is 0 Å². The SMILES string of the molecule is CC(NCc1nc2ccccc2n1C)c1ccc(F)cc1. The van der Waals surface area contributed by atoms with Crippen LogP contribution in [0, 0.1) is 5.82 Å². The Morgan fingerprint density at radius 2 is 1.86 bits per heavy atom. The Morgan fingerprint density at radius 3 is 2.57 bits per heavy atom. The molecule has 0 spiro atoms. The lowest BCUT2D eigenvalue weighted by Gasteiger charge is -2.14. The summed E-state index contributed by atoms with van der Waals surface area (Å²) in [5.74, 6) is 0.784. The number of benzene rings is 2. The van der Waals surface area contributed by atoms with Crippen LogP contribution in [0.4, 0.5) is 4.39 Å². The zero-order valence-corrected chi connectivity index (χ0v) is 12.2. The van der Waals surface area contributed by atoms with E-state index >= 15 is 0 Å². The standard InChI is InChI=1S/C17H18FN3/c1-12(13-7-9-14(18)10-8-13)19-11-17-20-15-5-3-4-6-16(15)21(17)2/h3-10,12,19H,11H2,1-2H3. The molecule has 0 bridgehead atoms. The third-order valence-electron chi connectivity index (χ3n) is 3.82. The van der Waals surface area contributed by atoms with Gasteiger partial charge in [0.1, 0.15) is 11.6 Å². The van der Waals surface area contributed by atoms with Crippen molar-refractivity contribution < 1.29 is 4.39 Å². The average Bonchev–Trinajstić information content (AvgIpc) is 2.82. The van der Waals surface area contributed by atoms with Gasteiger partial charge in [-0.05, 0) is 36.8 Å². The van der Waals surface area contributed by atoms with Gasteiger partial charge in [-0.3, -0.25) is 0 Å². The second-order valence-corrected chi connectivity index (χ2v) is 5.23. The summed E-state index contributed by atoms with van der Waals surface area (Å²) in [6.07, 6.45) is 0. The van der Waals surface area contributed by atoms with Gasteiger partial charge in [-0.1, -0.05) is 24.3 Å². The van der Waals surface area contributed by atoms with Crippen LogP contribution in [0.3, 0.4) is 0 Å². The molecule has 0 saturated heterocycles. The molecule has 0 aliphatic heterocycles. The molecule has 1 heterocycles. The second-order valence-electron chi connectivity index (χ2n) is 5.23. The van der Waals surface area contributed by atoms with E-state index in [1.807, 2.05) is 37.4 Å². The monoisotopic (exact) mass is 283 g/mol. The van der Waals surface area contributed by atoms with Gasteiger partial charge in [0.15, 0.2) is 0 Å². The molecular formula is C17H18FN3. The molecule has 0 amide bonds. The van der Waals surface area contributed by atoms with E-state index in [-0.39, 0.29) is 11.9 Å². The van der Waals surface area contributed by atoms with Crippen molar-refractivity contribution in [3.8, 4) is 0 Å². The van der Waals surface area contributed by atoms with E-state index in [1.165, 1.54) is 12.1 Å². The molecule has 0 fully saturated rings. The van der Waals surface area contributed by atoms with E-state index < -0.39 is 0 Å². The number of hydrogen-bond acceptors (Lipinski definition) is 2. The van der Waals surface area contributed by atoms with Gasteiger partial charge in [0, 0.05) is 13.1 Å². The topological polar surface area (TPSA) is 29.9 Å². The molecule has 0 aliphatic rings. The number of halogens is 1. The highest BCUT2D eigenvalue weighted by Gasteiger charge is 2.09. The minimum Gasteiger partial charge on any atom is -0.330 e. The van der Waals surface area contributed by atoms with Crippen molar-refractivity contribution in [1.29, 1.82) is 0 Å². The lowest BCUT2D eigenvalue weighted by molar-refractivity contribution is 0.549. The molecule has 1 N–H and O–H groups in total. The van der Waals surface area contributed by atoms with E-state index in [1.54, 1.807) is 0 Å². The Labute approximate surface area is 123 Å². The summed E-state index contributed by atoms with van der Waals surface area (Å²) in [6.45, 7) is 2.74. The van der Waals surface area contributed by atoms with Gasteiger partial charge in [0.2, 0.25) is 0 Å². The zero-order chi connectivity index (χ0) is 14.8. The lowest BCUT2D eigenvalue weighted by atomic mass is 10.1. The predicted octanol–water partition coefficient (Wildman–Crippen LogP) is 3.56. The number of imidazole rings is 1. The van der Waals surface area contributed by atoms with Crippen LogP contribution in [0.1, 0.15) is 24.4 Å². The van der Waals surface area contributed by atoms with Crippen molar-refractivity contribution in [3.05, 3.63) is 65.7 Å². The normalized spacial score (nSPS) is 12.7. The Bertz CT molecular complexity index is 746. The first-order valence-corrected chi connectivity index (χ1v) is 7.04. The van der Waals surface area contributed by atoms with Crippen molar-refractivity contribution in [2.45, 2.75) is 19.5 Å². The first kappa shape index (κ1) is 13.8. The molecule has 1 atom stereocenters. The Morgan fingerprint density at radius 1 is 1.14 bits per heavy atom. The largest absolute Gasteiger partial charge is 0.330 e. The summed E-state index contributed by atoms with van der Waals surface area (Å²) in [4.78, 5) is 4.63. The summed E-state index contributed by atoms with van der Waals surface area (Å²) in [5, 5.41) is 3.43. The van der Waals surface area contributed by atoms with Crippen molar-refractivity contribution >= 4 is 11.0 Å². The van der Waals surface area contributed by atoms with Crippen LogP contribution < -0.4 is 5.32 Å². The fraction of sp³-hybridized carbons (Fsp3) is 0.235. The number of aryl methyl sites for hydroxylation is 1. The number of hydrogen-bond donors (Lipinski definition) is 1. The molecule has 2 aromatic carbocycles. The maximum atomic E-state index is 12.9. The molecule has 108 valence electrons. The van der Waals surface area contributed by atoms with Crippen LogP contribution in [0.2, 0.25) is 0 Å². The lowest BCUT2D eigenvalue weighted by Crippen LogP contribution is -2.20. The molecule has 4 heteroatoms. The first-order valence-electron chi connectivity index (χ1n) is 7.04. The smallest absolute Gasteiger partial charge is 0.123 e. The number of nitrogens with zero attached hydrogens (tertiary/aromatic N) is 2. The Kier molecular flexibility index (Phi) is 3.71. The van der Waals surface area contributed by atoms with Crippen molar-refractivity contribution in [2.75, 3.05) is 0 Å². The van der Waals surface area contributed by atoms with Gasteiger partial charge in [-0.2, -0.15) is 0 Å². The third-order valence-corrected chi connectivity index (χ3v) is 3.82. The highest BCUT2D eigenvalue weighted by atomic mass is 19.1. The van der Waals surface area contributed by atoms with Crippen LogP contribution in [-0.2, 0) is 13.6 Å². The van der Waals surface area contributed by atoms with E-state index in [0.29, 0.717) is 6.54 Å². The quantitative estimate of drug-likeness (QED) is 0.793. The van der Waals surface area contributed by atoms with Gasteiger partial charge in [-0.15, -0.1) is 0 Å². The number of rotatable bonds is 4. The molecule has 0 saturated carbocycles. The molecule has 21 heavy (non-hydrogen) atoms. The van der Waals surface area contributed by atoms with Crippen molar-refractivity contribution in [1.82, 2.24) is 14.9 Å². The third kappa shape index (κ3) is 2.81. The van der Waals surface area contributed by atoms with Crippen LogP contribution in [0.25, 0.3) is 11.0 Å². The summed E-state index contributed by atoms with van der Waals surface area (Å²) >= 11 is 0. The number of fused-ring (bicyclic) bond motifs is 1. The van der Waals surface area contributed by atoms with Crippen LogP contribution in [-0.4, -0.2) is 9.55 Å². The highest BCUT2D eigenvalue weighted by molar-refractivity contribution is 5.75. The molecule has 1 unspecified atom stereocenters. The summed E-state index contributed by atoms with van der Waals surface area (Å²) in [6, 6.07) is 14.8. The molecule has 3 aromatic rings. The summed E-state index contributed by atoms with van der Waals surface area (Å²) in [7, 11) is 2.02. The summed E-state index contributed by atoms with van der Waals surface area (Å²) < 4.78 is 15.0. The Balaban J connectivity index is 1.74. The zero-order valence-electron chi connectivity index (χ0n) is 12.2. The predicted molar refractivity (Wildman–Crippen MR) is 82.4 cm³/mol. The number of nitrogens with one attached hydrogen (secondary N) is 1. The van der Waals surface area contributed by atoms with E-state index in [9.17, 15) is 4.39 Å².